The van der Waals surface area contributed by atoms with Gasteiger partial charge in [-0.2, -0.15) is 0 Å². The summed E-state index contributed by atoms with van der Waals surface area (Å²) in [4.78, 5) is 2.52. The van der Waals surface area contributed by atoms with Gasteiger partial charge in [0.2, 0.25) is 0 Å². The lowest BCUT2D eigenvalue weighted by Crippen LogP contribution is -2.49. The number of nitrogens with zero attached hydrogens (tertiary/aromatic N) is 1. The second-order valence-electron chi connectivity index (χ2n) is 4.38. The molecule has 4 unspecified atom stereocenters. The van der Waals surface area contributed by atoms with Gasteiger partial charge < -0.3 is 4.74 Å². The normalized spacial score (nSPS) is 48.2. The van der Waals surface area contributed by atoms with Crippen molar-refractivity contribution in [2.75, 3.05) is 14.2 Å². The summed E-state index contributed by atoms with van der Waals surface area (Å²) >= 11 is 0. The molecule has 0 aromatic rings. The van der Waals surface area contributed by atoms with E-state index >= 15 is 0 Å². The lowest BCUT2D eigenvalue weighted by atomic mass is 9.90. The minimum Gasteiger partial charge on any atom is -0.380 e. The summed E-state index contributed by atoms with van der Waals surface area (Å²) in [5.74, 6) is 0.753. The van der Waals surface area contributed by atoms with E-state index in [2.05, 4.69) is 18.9 Å². The van der Waals surface area contributed by atoms with Crippen LogP contribution in [0.1, 0.15) is 26.2 Å². The van der Waals surface area contributed by atoms with E-state index in [1.165, 1.54) is 19.3 Å². The van der Waals surface area contributed by atoms with Crippen molar-refractivity contribution < 1.29 is 4.74 Å². The molecular weight excluding hydrogens is 150 g/mol. The Hall–Kier alpha value is -0.0800. The van der Waals surface area contributed by atoms with Gasteiger partial charge in [-0.1, -0.05) is 6.92 Å². The lowest BCUT2D eigenvalue weighted by molar-refractivity contribution is -0.0383. The number of hydrogen-bond acceptors (Lipinski definition) is 2. The number of ether oxygens (including phenoxy) is 1. The van der Waals surface area contributed by atoms with Crippen LogP contribution in [0.2, 0.25) is 0 Å². The van der Waals surface area contributed by atoms with Crippen LogP contribution in [0.4, 0.5) is 0 Å². The second kappa shape index (κ2) is 3.00. The van der Waals surface area contributed by atoms with Crippen LogP contribution in [-0.4, -0.2) is 37.2 Å². The van der Waals surface area contributed by atoms with Crippen molar-refractivity contribution >= 4 is 0 Å². The average molecular weight is 169 g/mol. The Bertz CT molecular complexity index is 171. The maximum atomic E-state index is 5.56. The van der Waals surface area contributed by atoms with E-state index in [0.29, 0.717) is 12.1 Å². The minimum absolute atomic E-state index is 0.480. The van der Waals surface area contributed by atoms with Gasteiger partial charge >= 0.3 is 0 Å². The van der Waals surface area contributed by atoms with Gasteiger partial charge in [-0.3, -0.25) is 4.90 Å². The average Bonchev–Trinajstić information content (AvgIpc) is 2.34. The molecule has 0 aliphatic carbocycles. The molecule has 2 aliphatic heterocycles. The molecule has 2 rings (SSSR count). The Morgan fingerprint density at radius 1 is 1.33 bits per heavy atom. The van der Waals surface area contributed by atoms with Crippen molar-refractivity contribution in [2.45, 2.75) is 44.4 Å². The van der Waals surface area contributed by atoms with Gasteiger partial charge in [-0.15, -0.1) is 0 Å². The lowest BCUT2D eigenvalue weighted by Gasteiger charge is -2.40. The highest BCUT2D eigenvalue weighted by Gasteiger charge is 2.43. The first-order valence-corrected chi connectivity index (χ1v) is 4.98. The molecule has 0 amide bonds. The van der Waals surface area contributed by atoms with E-state index in [0.717, 1.165) is 12.0 Å². The zero-order valence-electron chi connectivity index (χ0n) is 8.29. The van der Waals surface area contributed by atoms with Crippen LogP contribution in [0.3, 0.4) is 0 Å². The van der Waals surface area contributed by atoms with Crippen molar-refractivity contribution in [1.29, 1.82) is 0 Å². The maximum absolute atomic E-state index is 5.56. The Labute approximate surface area is 74.9 Å². The van der Waals surface area contributed by atoms with E-state index in [9.17, 15) is 0 Å². The molecule has 0 N–H and O–H groups in total. The fourth-order valence-corrected chi connectivity index (χ4v) is 3.05. The molecule has 2 heteroatoms. The quantitative estimate of drug-likeness (QED) is 0.590. The van der Waals surface area contributed by atoms with Crippen molar-refractivity contribution in [3.63, 3.8) is 0 Å². The molecule has 70 valence electrons. The largest absolute Gasteiger partial charge is 0.380 e. The highest BCUT2D eigenvalue weighted by atomic mass is 16.5. The van der Waals surface area contributed by atoms with Gasteiger partial charge in [-0.05, 0) is 32.2 Å². The summed E-state index contributed by atoms with van der Waals surface area (Å²) in [5.41, 5.74) is 0. The predicted octanol–water partition coefficient (Wildman–Crippen LogP) is 1.50. The molecule has 2 heterocycles. The number of fused-ring (bicyclic) bond motifs is 2. The monoisotopic (exact) mass is 169 g/mol. The van der Waals surface area contributed by atoms with Gasteiger partial charge in [0.15, 0.2) is 0 Å². The molecule has 2 fully saturated rings. The van der Waals surface area contributed by atoms with Crippen LogP contribution >= 0.6 is 0 Å². The molecule has 2 saturated heterocycles. The molecule has 0 aromatic carbocycles. The smallest absolute Gasteiger partial charge is 0.0752 e. The highest BCUT2D eigenvalue weighted by Crippen LogP contribution is 2.38. The predicted molar refractivity (Wildman–Crippen MR) is 49.2 cm³/mol. The molecule has 0 spiro atoms. The number of methoxy groups -OCH3 is 1. The highest BCUT2D eigenvalue weighted by molar-refractivity contribution is 4.98. The minimum atomic E-state index is 0.480. The summed E-state index contributed by atoms with van der Waals surface area (Å²) < 4.78 is 5.56. The summed E-state index contributed by atoms with van der Waals surface area (Å²) in [6, 6.07) is 1.54. The van der Waals surface area contributed by atoms with Crippen LogP contribution < -0.4 is 0 Å². The van der Waals surface area contributed by atoms with Gasteiger partial charge in [0.05, 0.1) is 6.10 Å². The number of rotatable bonds is 1. The van der Waals surface area contributed by atoms with E-state index < -0.39 is 0 Å². The third-order valence-electron chi connectivity index (χ3n) is 3.75. The number of piperidine rings is 1. The molecule has 0 radical (unpaired) electrons. The molecule has 2 bridgehead atoms. The fourth-order valence-electron chi connectivity index (χ4n) is 3.05. The molecule has 2 nitrogen and oxygen atoms in total. The van der Waals surface area contributed by atoms with Crippen LogP contribution in [0.5, 0.6) is 0 Å². The van der Waals surface area contributed by atoms with Gasteiger partial charge in [0.1, 0.15) is 0 Å². The Balaban J connectivity index is 2.14. The number of likely N-dealkylation sites (N-methyl/N-ethyl adjacent to an activating group) is 1. The summed E-state index contributed by atoms with van der Waals surface area (Å²) in [7, 11) is 4.11. The molecular formula is C10H19NO. The Morgan fingerprint density at radius 3 is 2.75 bits per heavy atom. The first kappa shape index (κ1) is 8.52. The first-order chi connectivity index (χ1) is 5.74. The van der Waals surface area contributed by atoms with Gasteiger partial charge in [0.25, 0.3) is 0 Å². The van der Waals surface area contributed by atoms with Crippen LogP contribution in [0.15, 0.2) is 0 Å². The zero-order chi connectivity index (χ0) is 8.72. The standard InChI is InChI=1S/C10H19NO/c1-7-6-8-4-5-9(11(8)2)10(7)12-3/h7-10H,4-6H2,1-3H3. The second-order valence-corrected chi connectivity index (χ2v) is 4.38. The SMILES string of the molecule is COC1C(C)CC2CCC1N2C. The molecule has 0 aromatic heterocycles. The van der Waals surface area contributed by atoms with Gasteiger partial charge in [-0.25, -0.2) is 0 Å². The molecule has 2 aliphatic rings. The van der Waals surface area contributed by atoms with E-state index in [1.54, 1.807) is 0 Å². The van der Waals surface area contributed by atoms with Crippen LogP contribution in [-0.2, 0) is 4.74 Å². The van der Waals surface area contributed by atoms with Crippen molar-refractivity contribution in [3.05, 3.63) is 0 Å². The van der Waals surface area contributed by atoms with Crippen LogP contribution in [0.25, 0.3) is 0 Å². The Kier molecular flexibility index (Phi) is 2.13. The van der Waals surface area contributed by atoms with Crippen LogP contribution in [0, 0.1) is 5.92 Å². The van der Waals surface area contributed by atoms with Crippen molar-refractivity contribution in [3.8, 4) is 0 Å². The summed E-state index contributed by atoms with van der Waals surface area (Å²) in [6.45, 7) is 2.33. The Morgan fingerprint density at radius 2 is 2.08 bits per heavy atom. The maximum Gasteiger partial charge on any atom is 0.0752 e. The third kappa shape index (κ3) is 1.09. The topological polar surface area (TPSA) is 12.5 Å². The van der Waals surface area contributed by atoms with E-state index in [4.69, 9.17) is 4.74 Å². The summed E-state index contributed by atoms with van der Waals surface area (Å²) in [6.07, 6.45) is 4.52. The van der Waals surface area contributed by atoms with E-state index in [-0.39, 0.29) is 0 Å². The van der Waals surface area contributed by atoms with Crippen molar-refractivity contribution in [1.82, 2.24) is 4.90 Å². The molecule has 4 atom stereocenters. The fraction of sp³-hybridized carbons (Fsp3) is 1.00. The third-order valence-corrected chi connectivity index (χ3v) is 3.75. The van der Waals surface area contributed by atoms with E-state index in [1.807, 2.05) is 7.11 Å². The van der Waals surface area contributed by atoms with Gasteiger partial charge in [0, 0.05) is 19.2 Å². The van der Waals surface area contributed by atoms with Crippen molar-refractivity contribution in [2.24, 2.45) is 5.92 Å². The molecule has 0 saturated carbocycles. The number of hydrogen-bond donors (Lipinski definition) is 0. The first-order valence-electron chi connectivity index (χ1n) is 4.98. The summed E-state index contributed by atoms with van der Waals surface area (Å²) in [5, 5.41) is 0. The zero-order valence-corrected chi connectivity index (χ0v) is 8.29. The molecule has 12 heavy (non-hydrogen) atoms.